The average Bonchev–Trinajstić information content (AvgIpc) is 2.68. The molecule has 1 radical (unpaired) electrons. The summed E-state index contributed by atoms with van der Waals surface area (Å²) in [6, 6.07) is 33.2. The molecule has 3 aromatic rings. The Labute approximate surface area is 160 Å². The molecule has 0 aliphatic rings. The minimum absolute atomic E-state index is 0.130. The fraction of sp³-hybridized carbons (Fsp3) is 0.280. The predicted molar refractivity (Wildman–Crippen MR) is 115 cm³/mol. The summed E-state index contributed by atoms with van der Waals surface area (Å²) in [6.45, 7) is 9.78. The van der Waals surface area contributed by atoms with Crippen LogP contribution in [0.1, 0.15) is 37.0 Å². The van der Waals surface area contributed by atoms with E-state index in [0.29, 0.717) is 5.04 Å². The fourth-order valence-electron chi connectivity index (χ4n) is 3.81. The van der Waals surface area contributed by atoms with E-state index in [2.05, 4.69) is 118 Å². The molecule has 0 nitrogen and oxygen atoms in total. The van der Waals surface area contributed by atoms with Crippen LogP contribution in [0, 0.1) is 0 Å². The van der Waals surface area contributed by atoms with Crippen molar-refractivity contribution in [2.75, 3.05) is 0 Å². The monoisotopic (exact) mass is 357 g/mol. The molecule has 0 aliphatic carbocycles. The van der Waals surface area contributed by atoms with Crippen molar-refractivity contribution in [3.05, 3.63) is 108 Å². The molecule has 0 bridgehead atoms. The van der Waals surface area contributed by atoms with Gasteiger partial charge in [0, 0.05) is 14.2 Å². The minimum Gasteiger partial charge on any atom is -0.0709 e. The first-order chi connectivity index (χ1) is 12.5. The second-order valence-electron chi connectivity index (χ2n) is 8.06. The Morgan fingerprint density at radius 3 is 1.15 bits per heavy atom. The molecule has 0 aliphatic heterocycles. The lowest BCUT2D eigenvalue weighted by Gasteiger charge is -2.43. The van der Waals surface area contributed by atoms with Crippen LogP contribution in [0.4, 0.5) is 0 Å². The van der Waals surface area contributed by atoms with Crippen molar-refractivity contribution >= 4 is 8.80 Å². The van der Waals surface area contributed by atoms with E-state index in [4.69, 9.17) is 0 Å². The zero-order chi connectivity index (χ0) is 18.6. The number of benzene rings is 3. The second-order valence-corrected chi connectivity index (χ2v) is 11.4. The molecule has 0 unspecified atom stereocenters. The summed E-state index contributed by atoms with van der Waals surface area (Å²) in [5.74, 6) is 0. The van der Waals surface area contributed by atoms with Crippen LogP contribution >= 0.6 is 0 Å². The van der Waals surface area contributed by atoms with E-state index in [1.807, 2.05) is 0 Å². The first kappa shape index (κ1) is 18.7. The highest BCUT2D eigenvalue weighted by Crippen LogP contribution is 2.50. The molecule has 0 saturated heterocycles. The van der Waals surface area contributed by atoms with Crippen LogP contribution in [0.3, 0.4) is 0 Å². The Hall–Kier alpha value is -2.12. The van der Waals surface area contributed by atoms with Crippen molar-refractivity contribution < 1.29 is 0 Å². The molecule has 0 aromatic heterocycles. The largest absolute Gasteiger partial charge is 0.0709 e. The Kier molecular flexibility index (Phi) is 5.48. The SMILES string of the molecule is C[Si](C)C(C)(C)CC(c1ccccc1)(c1ccccc1)c1ccccc1. The van der Waals surface area contributed by atoms with Crippen LogP contribution in [-0.2, 0) is 5.41 Å². The van der Waals surface area contributed by atoms with Gasteiger partial charge in [-0.25, -0.2) is 0 Å². The summed E-state index contributed by atoms with van der Waals surface area (Å²) >= 11 is 0. The summed E-state index contributed by atoms with van der Waals surface area (Å²) in [5.41, 5.74) is 4.02. The Balaban J connectivity index is 2.32. The maximum atomic E-state index is 2.45. The third-order valence-electron chi connectivity index (χ3n) is 5.86. The van der Waals surface area contributed by atoms with Crippen molar-refractivity contribution in [1.82, 2.24) is 0 Å². The molecule has 0 spiro atoms. The maximum absolute atomic E-state index is 2.45. The summed E-state index contributed by atoms with van der Waals surface area (Å²) in [7, 11) is -0.465. The molecule has 0 amide bonds. The molecule has 1 heteroatoms. The molecule has 0 atom stereocenters. The maximum Gasteiger partial charge on any atom is 0.0474 e. The fourth-order valence-corrected chi connectivity index (χ4v) is 4.43. The van der Waals surface area contributed by atoms with Gasteiger partial charge in [-0.05, 0) is 28.1 Å². The van der Waals surface area contributed by atoms with Gasteiger partial charge in [0.2, 0.25) is 0 Å². The van der Waals surface area contributed by atoms with Crippen LogP contribution in [0.15, 0.2) is 91.0 Å². The number of hydrogen-bond donors (Lipinski definition) is 0. The molecule has 0 saturated carbocycles. The summed E-state index contributed by atoms with van der Waals surface area (Å²) in [4.78, 5) is 0. The van der Waals surface area contributed by atoms with E-state index < -0.39 is 8.80 Å². The first-order valence-electron chi connectivity index (χ1n) is 9.44. The third kappa shape index (κ3) is 3.54. The van der Waals surface area contributed by atoms with Gasteiger partial charge in [-0.3, -0.25) is 0 Å². The minimum atomic E-state index is -0.465. The summed E-state index contributed by atoms with van der Waals surface area (Å²) < 4.78 is 0. The van der Waals surface area contributed by atoms with E-state index >= 15 is 0 Å². The Morgan fingerprint density at radius 2 is 0.885 bits per heavy atom. The van der Waals surface area contributed by atoms with Gasteiger partial charge in [0.25, 0.3) is 0 Å². The van der Waals surface area contributed by atoms with Crippen molar-refractivity contribution in [3.63, 3.8) is 0 Å². The van der Waals surface area contributed by atoms with Gasteiger partial charge in [-0.1, -0.05) is 118 Å². The molecular weight excluding hydrogens is 328 g/mol. The van der Waals surface area contributed by atoms with Crippen molar-refractivity contribution in [2.45, 2.75) is 43.8 Å². The molecular formula is C25H29Si. The first-order valence-corrected chi connectivity index (χ1v) is 11.9. The zero-order valence-electron chi connectivity index (χ0n) is 16.4. The lowest BCUT2D eigenvalue weighted by Crippen LogP contribution is -2.36. The van der Waals surface area contributed by atoms with Gasteiger partial charge in [-0.2, -0.15) is 0 Å². The van der Waals surface area contributed by atoms with E-state index in [0.717, 1.165) is 6.42 Å². The van der Waals surface area contributed by atoms with Gasteiger partial charge < -0.3 is 0 Å². The van der Waals surface area contributed by atoms with Crippen LogP contribution in [-0.4, -0.2) is 8.80 Å². The molecule has 0 heterocycles. The van der Waals surface area contributed by atoms with Crippen molar-refractivity contribution in [2.24, 2.45) is 0 Å². The average molecular weight is 358 g/mol. The normalized spacial score (nSPS) is 12.3. The quantitative estimate of drug-likeness (QED) is 0.331. The van der Waals surface area contributed by atoms with Crippen LogP contribution in [0.2, 0.25) is 18.1 Å². The molecule has 0 fully saturated rings. The molecule has 3 aromatic carbocycles. The zero-order valence-corrected chi connectivity index (χ0v) is 17.4. The highest BCUT2D eigenvalue weighted by Gasteiger charge is 2.42. The number of hydrogen-bond acceptors (Lipinski definition) is 0. The van der Waals surface area contributed by atoms with Gasteiger partial charge in [0.1, 0.15) is 0 Å². The van der Waals surface area contributed by atoms with Gasteiger partial charge in [-0.15, -0.1) is 0 Å². The third-order valence-corrected chi connectivity index (χ3v) is 8.74. The topological polar surface area (TPSA) is 0 Å². The van der Waals surface area contributed by atoms with Gasteiger partial charge in [0.05, 0.1) is 0 Å². The smallest absolute Gasteiger partial charge is 0.0474 e. The van der Waals surface area contributed by atoms with E-state index in [1.54, 1.807) is 0 Å². The summed E-state index contributed by atoms with van der Waals surface area (Å²) in [5, 5.41) is 0.298. The second kappa shape index (κ2) is 7.63. The molecule has 26 heavy (non-hydrogen) atoms. The summed E-state index contributed by atoms with van der Waals surface area (Å²) in [6.07, 6.45) is 1.11. The van der Waals surface area contributed by atoms with Crippen LogP contribution in [0.25, 0.3) is 0 Å². The van der Waals surface area contributed by atoms with Crippen LogP contribution < -0.4 is 0 Å². The van der Waals surface area contributed by atoms with E-state index in [1.165, 1.54) is 16.7 Å². The molecule has 3 rings (SSSR count). The molecule has 0 N–H and O–H groups in total. The van der Waals surface area contributed by atoms with E-state index in [9.17, 15) is 0 Å². The Bertz CT molecular complexity index is 708. The molecule has 133 valence electrons. The van der Waals surface area contributed by atoms with Crippen molar-refractivity contribution in [3.8, 4) is 0 Å². The van der Waals surface area contributed by atoms with Gasteiger partial charge >= 0.3 is 0 Å². The lowest BCUT2D eigenvalue weighted by molar-refractivity contribution is 0.461. The lowest BCUT2D eigenvalue weighted by atomic mass is 9.65. The highest BCUT2D eigenvalue weighted by atomic mass is 28.3. The van der Waals surface area contributed by atoms with Crippen molar-refractivity contribution in [1.29, 1.82) is 0 Å². The van der Waals surface area contributed by atoms with E-state index in [-0.39, 0.29) is 5.41 Å². The highest BCUT2D eigenvalue weighted by molar-refractivity contribution is 6.59. The van der Waals surface area contributed by atoms with Crippen LogP contribution in [0.5, 0.6) is 0 Å². The Morgan fingerprint density at radius 1 is 0.577 bits per heavy atom. The standard InChI is InChI=1S/C25H29Si/c1-24(2,26(3)4)20-25(21-14-8-5-9-15-21,22-16-10-6-11-17-22)23-18-12-7-13-19-23/h5-19H,20H2,1-4H3. The number of rotatable bonds is 6. The predicted octanol–water partition coefficient (Wildman–Crippen LogP) is 6.95. The van der Waals surface area contributed by atoms with Gasteiger partial charge in [0.15, 0.2) is 0 Å².